The van der Waals surface area contributed by atoms with E-state index in [1.165, 1.54) is 5.56 Å². The van der Waals surface area contributed by atoms with Gasteiger partial charge in [0.2, 0.25) is 0 Å². The van der Waals surface area contributed by atoms with Crippen molar-refractivity contribution >= 4 is 11.6 Å². The maximum absolute atomic E-state index is 5.86. The van der Waals surface area contributed by atoms with E-state index in [-0.39, 0.29) is 0 Å². The highest BCUT2D eigenvalue weighted by atomic mass is 35.5. The van der Waals surface area contributed by atoms with Gasteiger partial charge < -0.3 is 4.74 Å². The zero-order valence-corrected chi connectivity index (χ0v) is 10.4. The summed E-state index contributed by atoms with van der Waals surface area (Å²) in [7, 11) is 2.13. The minimum atomic E-state index is 0.322. The molecule has 0 bridgehead atoms. The lowest BCUT2D eigenvalue weighted by Crippen LogP contribution is -2.36. The molecule has 0 spiro atoms. The maximum Gasteiger partial charge on any atom is 0.129 e. The number of halogens is 1. The van der Waals surface area contributed by atoms with Crippen LogP contribution in [0, 0.1) is 0 Å². The van der Waals surface area contributed by atoms with Crippen LogP contribution in [0.2, 0.25) is 5.15 Å². The second-order valence-corrected chi connectivity index (χ2v) is 4.72. The van der Waals surface area contributed by atoms with Gasteiger partial charge in [-0.1, -0.05) is 11.6 Å². The number of nitrogens with zero attached hydrogens (tertiary/aromatic N) is 2. The summed E-state index contributed by atoms with van der Waals surface area (Å²) in [5.74, 6) is 0. The third-order valence-corrected chi connectivity index (χ3v) is 3.33. The second kappa shape index (κ2) is 5.13. The molecule has 88 valence electrons. The quantitative estimate of drug-likeness (QED) is 0.759. The van der Waals surface area contributed by atoms with Gasteiger partial charge in [0.05, 0.1) is 6.10 Å². The smallest absolute Gasteiger partial charge is 0.129 e. The van der Waals surface area contributed by atoms with Gasteiger partial charge in [-0.05, 0) is 38.1 Å². The normalized spacial score (nSPS) is 25.2. The van der Waals surface area contributed by atoms with Crippen LogP contribution in [0.4, 0.5) is 0 Å². The number of hydrogen-bond acceptors (Lipinski definition) is 3. The molecule has 1 saturated heterocycles. The lowest BCUT2D eigenvalue weighted by molar-refractivity contribution is 0.0814. The summed E-state index contributed by atoms with van der Waals surface area (Å²) >= 11 is 5.86. The second-order valence-electron chi connectivity index (χ2n) is 4.33. The molecule has 0 N–H and O–H groups in total. The molecule has 1 aromatic heterocycles. The predicted molar refractivity (Wildman–Crippen MR) is 64.5 cm³/mol. The monoisotopic (exact) mass is 240 g/mol. The summed E-state index contributed by atoms with van der Waals surface area (Å²) in [5, 5.41) is 0.557. The summed E-state index contributed by atoms with van der Waals surface area (Å²) in [6, 6.07) is 4.42. The van der Waals surface area contributed by atoms with Crippen LogP contribution in [-0.4, -0.2) is 35.7 Å². The zero-order chi connectivity index (χ0) is 11.5. The molecule has 0 aromatic carbocycles. The van der Waals surface area contributed by atoms with Crippen LogP contribution in [0.1, 0.15) is 18.9 Å². The van der Waals surface area contributed by atoms with Crippen molar-refractivity contribution in [3.8, 4) is 0 Å². The van der Waals surface area contributed by atoms with Gasteiger partial charge in [-0.3, -0.25) is 4.90 Å². The summed E-state index contributed by atoms with van der Waals surface area (Å²) in [4.78, 5) is 6.30. The number of hydrogen-bond donors (Lipinski definition) is 0. The molecule has 1 aliphatic heterocycles. The standard InChI is InChI=1S/C12H17ClN2O/c1-9-11(4-6-16-9)15(2)8-10-3-5-14-12(13)7-10/h3,5,7,9,11H,4,6,8H2,1-2H3. The highest BCUT2D eigenvalue weighted by Crippen LogP contribution is 2.20. The van der Waals surface area contributed by atoms with E-state index < -0.39 is 0 Å². The lowest BCUT2D eigenvalue weighted by atomic mass is 10.1. The SMILES string of the molecule is CC1OCCC1N(C)Cc1ccnc(Cl)c1. The maximum atomic E-state index is 5.86. The third-order valence-electron chi connectivity index (χ3n) is 3.13. The molecule has 4 heteroatoms. The van der Waals surface area contributed by atoms with E-state index in [2.05, 4.69) is 23.9 Å². The fourth-order valence-electron chi connectivity index (χ4n) is 2.25. The topological polar surface area (TPSA) is 25.4 Å². The van der Waals surface area contributed by atoms with Gasteiger partial charge >= 0.3 is 0 Å². The van der Waals surface area contributed by atoms with Crippen LogP contribution in [0.3, 0.4) is 0 Å². The Morgan fingerprint density at radius 1 is 1.62 bits per heavy atom. The van der Waals surface area contributed by atoms with E-state index in [0.717, 1.165) is 19.6 Å². The molecule has 2 atom stereocenters. The molecule has 3 nitrogen and oxygen atoms in total. The van der Waals surface area contributed by atoms with Crippen molar-refractivity contribution in [3.63, 3.8) is 0 Å². The number of pyridine rings is 1. The Morgan fingerprint density at radius 2 is 2.44 bits per heavy atom. The Morgan fingerprint density at radius 3 is 3.06 bits per heavy atom. The minimum absolute atomic E-state index is 0.322. The Labute approximate surface area is 101 Å². The predicted octanol–water partition coefficient (Wildman–Crippen LogP) is 2.34. The molecule has 0 aliphatic carbocycles. The van der Waals surface area contributed by atoms with E-state index in [9.17, 15) is 0 Å². The van der Waals surface area contributed by atoms with Gasteiger partial charge in [0.25, 0.3) is 0 Å². The van der Waals surface area contributed by atoms with Crippen LogP contribution in [0.5, 0.6) is 0 Å². The summed E-state index contributed by atoms with van der Waals surface area (Å²) in [6.07, 6.45) is 3.18. The molecular weight excluding hydrogens is 224 g/mol. The molecular formula is C12H17ClN2O. The Balaban J connectivity index is 1.99. The molecule has 0 saturated carbocycles. The molecule has 0 radical (unpaired) electrons. The van der Waals surface area contributed by atoms with E-state index in [1.54, 1.807) is 6.20 Å². The van der Waals surface area contributed by atoms with Crippen molar-refractivity contribution in [2.24, 2.45) is 0 Å². The van der Waals surface area contributed by atoms with Gasteiger partial charge in [0.15, 0.2) is 0 Å². The first kappa shape index (κ1) is 11.8. The van der Waals surface area contributed by atoms with Gasteiger partial charge in [-0.25, -0.2) is 4.98 Å². The van der Waals surface area contributed by atoms with Crippen LogP contribution in [0.25, 0.3) is 0 Å². The Hall–Kier alpha value is -0.640. The van der Waals surface area contributed by atoms with E-state index in [4.69, 9.17) is 16.3 Å². The molecule has 0 amide bonds. The minimum Gasteiger partial charge on any atom is -0.377 e. The van der Waals surface area contributed by atoms with E-state index in [1.807, 2.05) is 12.1 Å². The average Bonchev–Trinajstić information content (AvgIpc) is 2.64. The molecule has 16 heavy (non-hydrogen) atoms. The van der Waals surface area contributed by atoms with Gasteiger partial charge in [-0.15, -0.1) is 0 Å². The number of ether oxygens (including phenoxy) is 1. The fraction of sp³-hybridized carbons (Fsp3) is 0.583. The van der Waals surface area contributed by atoms with Gasteiger partial charge in [0, 0.05) is 25.4 Å². The highest BCUT2D eigenvalue weighted by molar-refractivity contribution is 6.29. The van der Waals surface area contributed by atoms with E-state index >= 15 is 0 Å². The molecule has 2 heterocycles. The molecule has 2 unspecified atom stereocenters. The van der Waals surface area contributed by atoms with Crippen LogP contribution >= 0.6 is 11.6 Å². The molecule has 1 fully saturated rings. The third kappa shape index (κ3) is 2.73. The first-order valence-electron chi connectivity index (χ1n) is 5.59. The van der Waals surface area contributed by atoms with Crippen molar-refractivity contribution in [1.82, 2.24) is 9.88 Å². The Kier molecular flexibility index (Phi) is 3.79. The van der Waals surface area contributed by atoms with Crippen molar-refractivity contribution < 1.29 is 4.74 Å². The summed E-state index contributed by atoms with van der Waals surface area (Å²) in [5.41, 5.74) is 1.20. The largest absolute Gasteiger partial charge is 0.377 e. The van der Waals surface area contributed by atoms with Crippen LogP contribution in [0.15, 0.2) is 18.3 Å². The average molecular weight is 241 g/mol. The zero-order valence-electron chi connectivity index (χ0n) is 9.69. The molecule has 2 rings (SSSR count). The highest BCUT2D eigenvalue weighted by Gasteiger charge is 2.27. The van der Waals surface area contributed by atoms with Crippen LogP contribution < -0.4 is 0 Å². The molecule has 1 aromatic rings. The number of rotatable bonds is 3. The fourth-order valence-corrected chi connectivity index (χ4v) is 2.44. The Bertz CT molecular complexity index is 359. The van der Waals surface area contributed by atoms with Crippen molar-refractivity contribution in [2.75, 3.05) is 13.7 Å². The van der Waals surface area contributed by atoms with E-state index in [0.29, 0.717) is 17.3 Å². The first-order chi connectivity index (χ1) is 7.66. The van der Waals surface area contributed by atoms with Crippen LogP contribution in [-0.2, 0) is 11.3 Å². The lowest BCUT2D eigenvalue weighted by Gasteiger charge is -2.26. The molecule has 1 aliphatic rings. The first-order valence-corrected chi connectivity index (χ1v) is 5.97. The summed E-state index contributed by atoms with van der Waals surface area (Å²) < 4.78 is 5.57. The number of likely N-dealkylation sites (N-methyl/N-ethyl adjacent to an activating group) is 1. The van der Waals surface area contributed by atoms with Crippen molar-refractivity contribution in [2.45, 2.75) is 32.0 Å². The van der Waals surface area contributed by atoms with Crippen molar-refractivity contribution in [1.29, 1.82) is 0 Å². The van der Waals surface area contributed by atoms with Gasteiger partial charge in [-0.2, -0.15) is 0 Å². The number of aromatic nitrogens is 1. The van der Waals surface area contributed by atoms with Crippen molar-refractivity contribution in [3.05, 3.63) is 29.0 Å². The summed E-state index contributed by atoms with van der Waals surface area (Å²) in [6.45, 7) is 3.89. The van der Waals surface area contributed by atoms with Gasteiger partial charge in [0.1, 0.15) is 5.15 Å².